The van der Waals surface area contributed by atoms with Crippen LogP contribution in [-0.4, -0.2) is 37.0 Å². The van der Waals surface area contributed by atoms with Crippen molar-refractivity contribution in [3.05, 3.63) is 65.2 Å². The first kappa shape index (κ1) is 18.7. The van der Waals surface area contributed by atoms with Gasteiger partial charge in [0.25, 0.3) is 5.91 Å². The van der Waals surface area contributed by atoms with E-state index in [2.05, 4.69) is 24.1 Å². The number of amides is 1. The number of methoxy groups -OCH3 is 1. The number of hydrogen-bond donors (Lipinski definition) is 1. The van der Waals surface area contributed by atoms with E-state index in [1.165, 1.54) is 7.11 Å². The Balaban J connectivity index is 2.10. The number of benzene rings is 2. The van der Waals surface area contributed by atoms with E-state index in [0.29, 0.717) is 16.8 Å². The molecular weight excluding hydrogens is 316 g/mol. The molecule has 0 bridgehead atoms. The molecule has 0 saturated heterocycles. The number of hydrogen-bond acceptors (Lipinski definition) is 4. The van der Waals surface area contributed by atoms with Crippen LogP contribution in [0.1, 0.15) is 40.1 Å². The van der Waals surface area contributed by atoms with Gasteiger partial charge in [-0.25, -0.2) is 4.79 Å². The van der Waals surface area contributed by atoms with Gasteiger partial charge in [0.1, 0.15) is 0 Å². The number of ether oxygens (including phenoxy) is 1. The first-order valence-electron chi connectivity index (χ1n) is 8.39. The van der Waals surface area contributed by atoms with Gasteiger partial charge < -0.3 is 10.1 Å². The lowest BCUT2D eigenvalue weighted by Crippen LogP contribution is -2.22. The molecule has 1 amide bonds. The van der Waals surface area contributed by atoms with Crippen LogP contribution < -0.4 is 5.32 Å². The predicted molar refractivity (Wildman–Crippen MR) is 98.8 cm³/mol. The number of carbonyl (C=O) groups is 2. The Hall–Kier alpha value is -2.66. The summed E-state index contributed by atoms with van der Waals surface area (Å²) in [7, 11) is 1.32. The minimum atomic E-state index is -0.481. The van der Waals surface area contributed by atoms with Crippen LogP contribution in [0.3, 0.4) is 0 Å². The van der Waals surface area contributed by atoms with Gasteiger partial charge in [0.05, 0.1) is 18.4 Å². The first-order valence-corrected chi connectivity index (χ1v) is 8.39. The van der Waals surface area contributed by atoms with E-state index >= 15 is 0 Å². The summed E-state index contributed by atoms with van der Waals surface area (Å²) >= 11 is 0. The summed E-state index contributed by atoms with van der Waals surface area (Å²) < 4.78 is 4.74. The van der Waals surface area contributed by atoms with E-state index in [1.807, 2.05) is 12.1 Å². The molecule has 2 rings (SSSR count). The van der Waals surface area contributed by atoms with Crippen LogP contribution in [0.15, 0.2) is 48.5 Å². The molecule has 2 aromatic rings. The molecule has 5 heteroatoms. The van der Waals surface area contributed by atoms with Gasteiger partial charge >= 0.3 is 5.97 Å². The zero-order valence-corrected chi connectivity index (χ0v) is 14.9. The smallest absolute Gasteiger partial charge is 0.339 e. The van der Waals surface area contributed by atoms with Gasteiger partial charge in [0.2, 0.25) is 0 Å². The fourth-order valence-corrected chi connectivity index (χ4v) is 2.54. The molecule has 0 atom stereocenters. The fraction of sp³-hybridized carbons (Fsp3) is 0.300. The maximum atomic E-state index is 12.4. The van der Waals surface area contributed by atoms with E-state index in [4.69, 9.17) is 4.74 Å². The normalized spacial score (nSPS) is 10.6. The zero-order valence-electron chi connectivity index (χ0n) is 14.9. The average molecular weight is 340 g/mol. The molecule has 0 unspecified atom stereocenters. The van der Waals surface area contributed by atoms with Gasteiger partial charge in [-0.1, -0.05) is 38.1 Å². The van der Waals surface area contributed by atoms with Crippen molar-refractivity contribution in [3.63, 3.8) is 0 Å². The molecule has 132 valence electrons. The molecule has 0 fully saturated rings. The summed E-state index contributed by atoms with van der Waals surface area (Å²) in [4.78, 5) is 26.5. The zero-order chi connectivity index (χ0) is 18.2. The van der Waals surface area contributed by atoms with Crippen molar-refractivity contribution in [2.45, 2.75) is 20.4 Å². The van der Waals surface area contributed by atoms with Crippen molar-refractivity contribution in [1.29, 1.82) is 0 Å². The number of anilines is 1. The lowest BCUT2D eigenvalue weighted by molar-refractivity contribution is 0.0602. The molecule has 0 aliphatic heterocycles. The van der Waals surface area contributed by atoms with Crippen molar-refractivity contribution in [2.75, 3.05) is 25.5 Å². The van der Waals surface area contributed by atoms with Crippen LogP contribution in [0.5, 0.6) is 0 Å². The lowest BCUT2D eigenvalue weighted by Gasteiger charge is -2.18. The van der Waals surface area contributed by atoms with Crippen LogP contribution >= 0.6 is 0 Å². The highest BCUT2D eigenvalue weighted by Gasteiger charge is 2.14. The maximum absolute atomic E-state index is 12.4. The van der Waals surface area contributed by atoms with Crippen LogP contribution in [-0.2, 0) is 11.3 Å². The van der Waals surface area contributed by atoms with E-state index in [9.17, 15) is 9.59 Å². The van der Waals surface area contributed by atoms with Crippen molar-refractivity contribution in [1.82, 2.24) is 4.90 Å². The van der Waals surface area contributed by atoms with Gasteiger partial charge in [0.15, 0.2) is 0 Å². The Kier molecular flexibility index (Phi) is 6.71. The summed E-state index contributed by atoms with van der Waals surface area (Å²) in [5, 5.41) is 2.77. The molecule has 5 nitrogen and oxygen atoms in total. The van der Waals surface area contributed by atoms with Crippen LogP contribution in [0.4, 0.5) is 5.69 Å². The molecule has 0 aromatic heterocycles. The monoisotopic (exact) mass is 340 g/mol. The van der Waals surface area contributed by atoms with Crippen LogP contribution in [0.25, 0.3) is 0 Å². The van der Waals surface area contributed by atoms with Gasteiger partial charge in [-0.15, -0.1) is 0 Å². The molecule has 2 aromatic carbocycles. The molecule has 0 saturated carbocycles. The second-order valence-electron chi connectivity index (χ2n) is 5.65. The Bertz CT molecular complexity index is 722. The highest BCUT2D eigenvalue weighted by atomic mass is 16.5. The topological polar surface area (TPSA) is 58.6 Å². The van der Waals surface area contributed by atoms with Crippen molar-refractivity contribution < 1.29 is 14.3 Å². The van der Waals surface area contributed by atoms with Gasteiger partial charge in [-0.2, -0.15) is 0 Å². The summed E-state index contributed by atoms with van der Waals surface area (Å²) in [5.41, 5.74) is 2.47. The largest absolute Gasteiger partial charge is 0.465 e. The molecule has 0 aliphatic rings. The van der Waals surface area contributed by atoms with Crippen LogP contribution in [0.2, 0.25) is 0 Å². The molecule has 0 spiro atoms. The third-order valence-electron chi connectivity index (χ3n) is 4.10. The lowest BCUT2D eigenvalue weighted by atomic mass is 10.1. The predicted octanol–water partition coefficient (Wildman–Crippen LogP) is 3.57. The Labute approximate surface area is 148 Å². The summed E-state index contributed by atoms with van der Waals surface area (Å²) in [6, 6.07) is 14.3. The van der Waals surface area contributed by atoms with E-state index < -0.39 is 5.97 Å². The number of nitrogens with one attached hydrogen (secondary N) is 1. The van der Waals surface area contributed by atoms with Gasteiger partial charge in [-0.05, 0) is 42.9 Å². The molecule has 0 aliphatic carbocycles. The van der Waals surface area contributed by atoms with E-state index in [0.717, 1.165) is 25.2 Å². The Morgan fingerprint density at radius 3 is 2.24 bits per heavy atom. The minimum absolute atomic E-state index is 0.259. The summed E-state index contributed by atoms with van der Waals surface area (Å²) in [5.74, 6) is -0.740. The summed E-state index contributed by atoms with van der Waals surface area (Å²) in [6.45, 7) is 7.10. The van der Waals surface area contributed by atoms with E-state index in [1.54, 1.807) is 36.4 Å². The number of para-hydroxylation sites is 1. The molecule has 0 radical (unpaired) electrons. The standard InChI is InChI=1S/C20H24N2O3/c1-4-22(5-2)14-15-10-12-16(13-11-15)19(23)21-18-9-7-6-8-17(18)20(24)25-3/h6-13H,4-5,14H2,1-3H3,(H,21,23). The number of nitrogens with zero attached hydrogens (tertiary/aromatic N) is 1. The van der Waals surface area contributed by atoms with Crippen molar-refractivity contribution >= 4 is 17.6 Å². The quantitative estimate of drug-likeness (QED) is 0.783. The first-order chi connectivity index (χ1) is 12.1. The van der Waals surface area contributed by atoms with Crippen molar-refractivity contribution in [3.8, 4) is 0 Å². The second kappa shape index (κ2) is 8.99. The van der Waals surface area contributed by atoms with E-state index in [-0.39, 0.29) is 5.91 Å². The number of rotatable bonds is 7. The third-order valence-corrected chi connectivity index (χ3v) is 4.10. The second-order valence-corrected chi connectivity index (χ2v) is 5.65. The number of esters is 1. The SMILES string of the molecule is CCN(CC)Cc1ccc(C(=O)Nc2ccccc2C(=O)OC)cc1. The summed E-state index contributed by atoms with van der Waals surface area (Å²) in [6.07, 6.45) is 0. The molecular formula is C20H24N2O3. The molecule has 1 N–H and O–H groups in total. The Morgan fingerprint density at radius 1 is 1.00 bits per heavy atom. The minimum Gasteiger partial charge on any atom is -0.465 e. The molecule has 0 heterocycles. The van der Waals surface area contributed by atoms with Crippen LogP contribution in [0, 0.1) is 0 Å². The third kappa shape index (κ3) is 4.90. The van der Waals surface area contributed by atoms with Crippen molar-refractivity contribution in [2.24, 2.45) is 0 Å². The van der Waals surface area contributed by atoms with Gasteiger partial charge in [0, 0.05) is 12.1 Å². The maximum Gasteiger partial charge on any atom is 0.339 e. The highest BCUT2D eigenvalue weighted by Crippen LogP contribution is 2.17. The average Bonchev–Trinajstić information content (AvgIpc) is 2.66. The number of carbonyl (C=O) groups excluding carboxylic acids is 2. The van der Waals surface area contributed by atoms with Gasteiger partial charge in [-0.3, -0.25) is 9.69 Å². The Morgan fingerprint density at radius 2 is 1.64 bits per heavy atom. The fourth-order valence-electron chi connectivity index (χ4n) is 2.54. The molecule has 25 heavy (non-hydrogen) atoms. The highest BCUT2D eigenvalue weighted by molar-refractivity contribution is 6.07.